The molecule has 1 heterocycles. The third-order valence-electron chi connectivity index (χ3n) is 7.80. The van der Waals surface area contributed by atoms with Gasteiger partial charge in [-0.15, -0.1) is 0 Å². The van der Waals surface area contributed by atoms with Gasteiger partial charge in [0.1, 0.15) is 12.4 Å². The molecule has 3 aromatic rings. The molecule has 2 amide bonds. The van der Waals surface area contributed by atoms with E-state index in [2.05, 4.69) is 27.6 Å². The monoisotopic (exact) mass is 690 g/mol. The Labute approximate surface area is 278 Å². The van der Waals surface area contributed by atoms with Crippen molar-refractivity contribution in [3.63, 3.8) is 0 Å². The van der Waals surface area contributed by atoms with Crippen LogP contribution in [0.4, 0.5) is 29.3 Å². The van der Waals surface area contributed by atoms with Crippen LogP contribution >= 0.6 is 0 Å². The largest absolute Gasteiger partial charge is 0.490 e. The van der Waals surface area contributed by atoms with Crippen molar-refractivity contribution in [2.24, 2.45) is 0 Å². The van der Waals surface area contributed by atoms with Crippen LogP contribution in [0.5, 0.6) is 5.75 Å². The van der Waals surface area contributed by atoms with Crippen molar-refractivity contribution in [1.29, 1.82) is 0 Å². The molecule has 0 saturated carbocycles. The first-order chi connectivity index (χ1) is 22.9. The molecule has 260 valence electrons. The van der Waals surface area contributed by atoms with E-state index in [1.54, 1.807) is 54.6 Å². The molecule has 4 N–H and O–H groups in total. The van der Waals surface area contributed by atoms with Gasteiger partial charge in [0.15, 0.2) is 6.10 Å². The third-order valence-corrected chi connectivity index (χ3v) is 9.20. The number of carbonyl (C=O) groups is 2. The fraction of sp³-hybridized carbons (Fsp3) is 0.412. The number of anilines is 2. The summed E-state index contributed by atoms with van der Waals surface area (Å²) in [5.41, 5.74) is 1.68. The molecule has 0 unspecified atom stereocenters. The van der Waals surface area contributed by atoms with Gasteiger partial charge in [-0.25, -0.2) is 18.0 Å². The molecule has 4 rings (SSSR count). The minimum absolute atomic E-state index is 0.0234. The second-order valence-corrected chi connectivity index (χ2v) is 13.3. The number of unbranched alkanes of at least 4 members (excludes halogenated alkanes) is 3. The SMILES string of the molecule is CCCCCCNC(=O)Nc1ccc(S(=O)(=O)Nc2ccc(C[C@@H]3CC[C@H]([C@@H](COc4ccccc4)OC(=O)C(F)(F)F)N3)cc2)cc1. The first-order valence-electron chi connectivity index (χ1n) is 15.9. The summed E-state index contributed by atoms with van der Waals surface area (Å²) < 4.78 is 77.9. The van der Waals surface area contributed by atoms with Crippen LogP contribution in [0.25, 0.3) is 0 Å². The van der Waals surface area contributed by atoms with Crippen molar-refractivity contribution in [2.45, 2.75) is 81.1 Å². The first-order valence-corrected chi connectivity index (χ1v) is 17.4. The van der Waals surface area contributed by atoms with Crippen molar-refractivity contribution in [1.82, 2.24) is 10.6 Å². The average molecular weight is 691 g/mol. The van der Waals surface area contributed by atoms with Crippen LogP contribution in [0.15, 0.2) is 83.8 Å². The summed E-state index contributed by atoms with van der Waals surface area (Å²) >= 11 is 0. The zero-order chi connectivity index (χ0) is 34.6. The molecule has 0 spiro atoms. The number of ether oxygens (including phenoxy) is 2. The van der Waals surface area contributed by atoms with E-state index in [0.717, 1.165) is 31.2 Å². The predicted molar refractivity (Wildman–Crippen MR) is 176 cm³/mol. The number of esters is 1. The lowest BCUT2D eigenvalue weighted by atomic mass is 10.0. The van der Waals surface area contributed by atoms with Crippen LogP contribution in [-0.2, 0) is 26.0 Å². The summed E-state index contributed by atoms with van der Waals surface area (Å²) in [6, 6.07) is 20.1. The molecule has 1 fully saturated rings. The minimum Gasteiger partial charge on any atom is -0.490 e. The van der Waals surface area contributed by atoms with Crippen LogP contribution in [-0.4, -0.2) is 57.9 Å². The topological polar surface area (TPSA) is 135 Å². The lowest BCUT2D eigenvalue weighted by Crippen LogP contribution is -2.46. The highest BCUT2D eigenvalue weighted by atomic mass is 32.2. The van der Waals surface area contributed by atoms with Gasteiger partial charge in [-0.05, 0) is 79.8 Å². The predicted octanol–water partition coefficient (Wildman–Crippen LogP) is 6.41. The van der Waals surface area contributed by atoms with E-state index in [4.69, 9.17) is 9.47 Å². The number of hydrogen-bond acceptors (Lipinski definition) is 7. The number of benzene rings is 3. The highest BCUT2D eigenvalue weighted by molar-refractivity contribution is 7.92. The maximum Gasteiger partial charge on any atom is 0.490 e. The maximum absolute atomic E-state index is 13.0. The number of sulfonamides is 1. The molecular formula is C34H41F3N4O6S. The normalized spacial score (nSPS) is 16.9. The summed E-state index contributed by atoms with van der Waals surface area (Å²) in [6.45, 7) is 2.42. The number of alkyl halides is 3. The van der Waals surface area contributed by atoms with Crippen LogP contribution in [0.3, 0.4) is 0 Å². The highest BCUT2D eigenvalue weighted by Crippen LogP contribution is 2.25. The number of halogens is 3. The zero-order valence-electron chi connectivity index (χ0n) is 26.6. The summed E-state index contributed by atoms with van der Waals surface area (Å²) in [5.74, 6) is -1.83. The Kier molecular flexibility index (Phi) is 13.1. The molecule has 48 heavy (non-hydrogen) atoms. The van der Waals surface area contributed by atoms with E-state index in [0.29, 0.717) is 42.9 Å². The molecule has 0 radical (unpaired) electrons. The maximum atomic E-state index is 13.0. The van der Waals surface area contributed by atoms with Gasteiger partial charge in [0, 0.05) is 30.0 Å². The number of nitrogens with one attached hydrogen (secondary N) is 4. The average Bonchev–Trinajstić information content (AvgIpc) is 3.52. The molecule has 0 aromatic heterocycles. The van der Waals surface area contributed by atoms with Crippen LogP contribution < -0.4 is 25.4 Å². The number of urea groups is 1. The van der Waals surface area contributed by atoms with Crippen LogP contribution in [0.1, 0.15) is 51.0 Å². The molecule has 0 bridgehead atoms. The summed E-state index contributed by atoms with van der Waals surface area (Å²) in [7, 11) is -3.90. The molecule has 14 heteroatoms. The van der Waals surface area contributed by atoms with E-state index >= 15 is 0 Å². The number of para-hydroxylation sites is 1. The van der Waals surface area contributed by atoms with Gasteiger partial charge in [0.25, 0.3) is 10.0 Å². The molecule has 1 aliphatic heterocycles. The third kappa shape index (κ3) is 11.4. The van der Waals surface area contributed by atoms with E-state index in [1.165, 1.54) is 24.3 Å². The molecule has 3 atom stereocenters. The van der Waals surface area contributed by atoms with Crippen molar-refractivity contribution in [2.75, 3.05) is 23.2 Å². The minimum atomic E-state index is -5.13. The number of amides is 2. The van der Waals surface area contributed by atoms with Gasteiger partial charge in [-0.3, -0.25) is 4.72 Å². The Hall–Kier alpha value is -4.30. The number of rotatable bonds is 16. The number of hydrogen-bond donors (Lipinski definition) is 4. The molecular weight excluding hydrogens is 649 g/mol. The second kappa shape index (κ2) is 17.2. The quantitative estimate of drug-likeness (QED) is 0.101. The smallest absolute Gasteiger partial charge is 0.490 e. The first kappa shape index (κ1) is 36.5. The Morgan fingerprint density at radius 1 is 0.917 bits per heavy atom. The second-order valence-electron chi connectivity index (χ2n) is 11.6. The van der Waals surface area contributed by atoms with E-state index in [1.807, 2.05) is 0 Å². The summed E-state index contributed by atoms with van der Waals surface area (Å²) in [5, 5.41) is 8.74. The van der Waals surface area contributed by atoms with Gasteiger partial charge in [0.2, 0.25) is 0 Å². The molecule has 1 aliphatic rings. The fourth-order valence-corrected chi connectivity index (χ4v) is 6.35. The summed E-state index contributed by atoms with van der Waals surface area (Å²) in [6.07, 6.45) is -0.530. The Balaban J connectivity index is 1.28. The lowest BCUT2D eigenvalue weighted by Gasteiger charge is -2.25. The zero-order valence-corrected chi connectivity index (χ0v) is 27.4. The molecule has 10 nitrogen and oxygen atoms in total. The van der Waals surface area contributed by atoms with Gasteiger partial charge in [-0.1, -0.05) is 56.5 Å². The Morgan fingerprint density at radius 3 is 2.27 bits per heavy atom. The van der Waals surface area contributed by atoms with E-state index in [9.17, 15) is 31.2 Å². The van der Waals surface area contributed by atoms with Crippen molar-refractivity contribution in [3.8, 4) is 5.75 Å². The van der Waals surface area contributed by atoms with Gasteiger partial charge < -0.3 is 25.4 Å². The van der Waals surface area contributed by atoms with E-state index < -0.39 is 34.3 Å². The Morgan fingerprint density at radius 2 is 1.60 bits per heavy atom. The van der Waals surface area contributed by atoms with Crippen LogP contribution in [0.2, 0.25) is 0 Å². The molecule has 1 saturated heterocycles. The highest BCUT2D eigenvalue weighted by Gasteiger charge is 2.44. The Bertz CT molecular complexity index is 1570. The van der Waals surface area contributed by atoms with Crippen LogP contribution in [0, 0.1) is 0 Å². The number of carbonyl (C=O) groups excluding carboxylic acids is 2. The fourth-order valence-electron chi connectivity index (χ4n) is 5.29. The lowest BCUT2D eigenvalue weighted by molar-refractivity contribution is -0.207. The van der Waals surface area contributed by atoms with Crippen molar-refractivity contribution >= 4 is 33.4 Å². The van der Waals surface area contributed by atoms with E-state index in [-0.39, 0.29) is 23.6 Å². The van der Waals surface area contributed by atoms with Gasteiger partial charge >= 0.3 is 18.2 Å². The molecule has 3 aromatic carbocycles. The standard InChI is InChI=1S/C34H41F3N4O6S/c1-2-3-4-8-21-38-33(43)40-25-15-18-29(19-16-25)48(44,45)41-26-13-11-24(12-14-26)22-27-17-20-30(39-27)31(47-32(42)34(35,36)37)23-46-28-9-6-5-7-10-28/h5-7,9-16,18-19,27,30-31,39,41H,2-4,8,17,20-23H2,1H3,(H2,38,40,43)/t27-,30+,31+/m0/s1. The summed E-state index contributed by atoms with van der Waals surface area (Å²) in [4.78, 5) is 23.8. The van der Waals surface area contributed by atoms with Gasteiger partial charge in [0.05, 0.1) is 4.90 Å². The van der Waals surface area contributed by atoms with Crippen molar-refractivity contribution < 1.29 is 40.7 Å². The van der Waals surface area contributed by atoms with Crippen molar-refractivity contribution in [3.05, 3.63) is 84.4 Å². The van der Waals surface area contributed by atoms with Gasteiger partial charge in [-0.2, -0.15) is 13.2 Å². The molecule has 0 aliphatic carbocycles.